The quantitative estimate of drug-likeness (QED) is 0.558. The third kappa shape index (κ3) is 4.57. The molecule has 11 heteroatoms. The van der Waals surface area contributed by atoms with Gasteiger partial charge in [-0.1, -0.05) is 29.2 Å². The molecule has 2 heterocycles. The average molecular weight is 386 g/mol. The van der Waals surface area contributed by atoms with Gasteiger partial charge in [0.15, 0.2) is 15.8 Å². The van der Waals surface area contributed by atoms with Gasteiger partial charge in [0.25, 0.3) is 0 Å². The van der Waals surface area contributed by atoms with Crippen molar-refractivity contribution in [2.75, 3.05) is 22.9 Å². The summed E-state index contributed by atoms with van der Waals surface area (Å²) in [7, 11) is 0. The first-order valence-corrected chi connectivity index (χ1v) is 8.76. The predicted octanol–water partition coefficient (Wildman–Crippen LogP) is 3.19. The van der Waals surface area contributed by atoms with Crippen molar-refractivity contribution in [2.45, 2.75) is 10.6 Å². The number of fused-ring (bicyclic) bond motifs is 1. The van der Waals surface area contributed by atoms with E-state index in [9.17, 15) is 13.6 Å². The van der Waals surface area contributed by atoms with Crippen molar-refractivity contribution in [1.29, 1.82) is 0 Å². The maximum Gasteiger partial charge on any atom is 0.586 e. The SMILES string of the molecule is C=CCNc1nnc(SCC(=O)Nc2ccc3c(c2)OC(F)(F)O3)s1. The highest BCUT2D eigenvalue weighted by Crippen LogP contribution is 2.42. The van der Waals surface area contributed by atoms with Crippen LogP contribution in [-0.2, 0) is 4.79 Å². The summed E-state index contributed by atoms with van der Waals surface area (Å²) in [6.45, 7) is 4.16. The van der Waals surface area contributed by atoms with E-state index in [4.69, 9.17) is 0 Å². The van der Waals surface area contributed by atoms with Crippen LogP contribution < -0.4 is 20.1 Å². The molecule has 132 valence electrons. The van der Waals surface area contributed by atoms with Crippen LogP contribution in [0.4, 0.5) is 19.6 Å². The fraction of sp³-hybridized carbons (Fsp3) is 0.214. The van der Waals surface area contributed by atoms with Crippen LogP contribution in [0.1, 0.15) is 0 Å². The minimum absolute atomic E-state index is 0.0780. The number of thioether (sulfide) groups is 1. The number of hydrogen-bond acceptors (Lipinski definition) is 8. The van der Waals surface area contributed by atoms with Gasteiger partial charge in [0.1, 0.15) is 0 Å². The Labute approximate surface area is 149 Å². The van der Waals surface area contributed by atoms with Crippen molar-refractivity contribution in [2.24, 2.45) is 0 Å². The molecule has 0 unspecified atom stereocenters. The zero-order chi connectivity index (χ0) is 17.9. The minimum atomic E-state index is -3.68. The number of amides is 1. The van der Waals surface area contributed by atoms with Crippen molar-refractivity contribution in [3.8, 4) is 11.5 Å². The molecule has 0 fully saturated rings. The highest BCUT2D eigenvalue weighted by Gasteiger charge is 2.43. The van der Waals surface area contributed by atoms with Crippen molar-refractivity contribution >= 4 is 39.8 Å². The number of benzene rings is 1. The minimum Gasteiger partial charge on any atom is -0.395 e. The Bertz CT molecular complexity index is 800. The van der Waals surface area contributed by atoms with Gasteiger partial charge in [-0.3, -0.25) is 4.79 Å². The molecule has 1 aromatic heterocycles. The molecule has 0 saturated heterocycles. The van der Waals surface area contributed by atoms with E-state index in [0.29, 0.717) is 21.7 Å². The molecule has 0 spiro atoms. The lowest BCUT2D eigenvalue weighted by molar-refractivity contribution is -0.286. The predicted molar refractivity (Wildman–Crippen MR) is 90.6 cm³/mol. The molecule has 1 aliphatic rings. The maximum absolute atomic E-state index is 13.0. The summed E-state index contributed by atoms with van der Waals surface area (Å²) in [5, 5.41) is 14.1. The van der Waals surface area contributed by atoms with Gasteiger partial charge in [-0.2, -0.15) is 0 Å². The first-order chi connectivity index (χ1) is 11.9. The largest absolute Gasteiger partial charge is 0.586 e. The number of halogens is 2. The summed E-state index contributed by atoms with van der Waals surface area (Å²) in [6.07, 6.45) is -1.99. The van der Waals surface area contributed by atoms with Gasteiger partial charge >= 0.3 is 6.29 Å². The highest BCUT2D eigenvalue weighted by atomic mass is 32.2. The van der Waals surface area contributed by atoms with Crippen LogP contribution in [0.2, 0.25) is 0 Å². The number of ether oxygens (including phenoxy) is 2. The number of nitrogens with one attached hydrogen (secondary N) is 2. The number of anilines is 2. The topological polar surface area (TPSA) is 85.4 Å². The number of aromatic nitrogens is 2. The molecule has 0 saturated carbocycles. The van der Waals surface area contributed by atoms with E-state index < -0.39 is 6.29 Å². The van der Waals surface area contributed by atoms with Gasteiger partial charge in [-0.15, -0.1) is 25.6 Å². The molecule has 2 N–H and O–H groups in total. The van der Waals surface area contributed by atoms with Crippen LogP contribution in [0, 0.1) is 0 Å². The van der Waals surface area contributed by atoms with Crippen molar-refractivity contribution < 1.29 is 23.0 Å². The number of hydrogen-bond donors (Lipinski definition) is 2. The molecule has 1 aromatic carbocycles. The lowest BCUT2D eigenvalue weighted by Gasteiger charge is -2.05. The van der Waals surface area contributed by atoms with Crippen LogP contribution >= 0.6 is 23.1 Å². The summed E-state index contributed by atoms with van der Waals surface area (Å²) in [5.74, 6) is -0.421. The van der Waals surface area contributed by atoms with Gasteiger partial charge in [0.2, 0.25) is 11.0 Å². The second kappa shape index (κ2) is 7.23. The first-order valence-electron chi connectivity index (χ1n) is 6.96. The van der Waals surface area contributed by atoms with Crippen LogP contribution in [0.5, 0.6) is 11.5 Å². The van der Waals surface area contributed by atoms with Crippen LogP contribution in [0.25, 0.3) is 0 Å². The van der Waals surface area contributed by atoms with E-state index in [0.717, 1.165) is 0 Å². The zero-order valence-corrected chi connectivity index (χ0v) is 14.3. The molecule has 3 rings (SSSR count). The zero-order valence-electron chi connectivity index (χ0n) is 12.6. The smallest absolute Gasteiger partial charge is 0.395 e. The van der Waals surface area contributed by atoms with Gasteiger partial charge < -0.3 is 20.1 Å². The lowest BCUT2D eigenvalue weighted by atomic mass is 10.3. The van der Waals surface area contributed by atoms with E-state index in [1.165, 1.54) is 41.3 Å². The Morgan fingerprint density at radius 1 is 1.36 bits per heavy atom. The van der Waals surface area contributed by atoms with Crippen molar-refractivity contribution in [1.82, 2.24) is 10.2 Å². The molecule has 0 radical (unpaired) electrons. The van der Waals surface area contributed by atoms with E-state index in [1.807, 2.05) is 0 Å². The molecule has 1 amide bonds. The molecular weight excluding hydrogens is 374 g/mol. The third-order valence-corrected chi connectivity index (χ3v) is 4.83. The summed E-state index contributed by atoms with van der Waals surface area (Å²) in [4.78, 5) is 12.0. The van der Waals surface area contributed by atoms with Crippen LogP contribution in [0.3, 0.4) is 0 Å². The number of alkyl halides is 2. The molecule has 0 atom stereocenters. The Hall–Kier alpha value is -2.40. The van der Waals surface area contributed by atoms with Gasteiger partial charge in [0, 0.05) is 18.3 Å². The fourth-order valence-electron chi connectivity index (χ4n) is 1.85. The molecule has 25 heavy (non-hydrogen) atoms. The van der Waals surface area contributed by atoms with Crippen molar-refractivity contribution in [3.05, 3.63) is 30.9 Å². The van der Waals surface area contributed by atoms with E-state index in [1.54, 1.807) is 6.08 Å². The number of rotatable bonds is 7. The molecular formula is C14H12F2N4O3S2. The highest BCUT2D eigenvalue weighted by molar-refractivity contribution is 8.01. The summed E-state index contributed by atoms with van der Waals surface area (Å²) < 4.78 is 35.2. The summed E-state index contributed by atoms with van der Waals surface area (Å²) in [6, 6.07) is 4.04. The van der Waals surface area contributed by atoms with Crippen LogP contribution in [-0.4, -0.2) is 34.7 Å². The summed E-state index contributed by atoms with van der Waals surface area (Å²) >= 11 is 2.54. The third-order valence-electron chi connectivity index (χ3n) is 2.82. The van der Waals surface area contributed by atoms with E-state index in [-0.39, 0.29) is 23.2 Å². The fourth-order valence-corrected chi connectivity index (χ4v) is 3.41. The van der Waals surface area contributed by atoms with Gasteiger partial charge in [-0.25, -0.2) is 0 Å². The summed E-state index contributed by atoms with van der Waals surface area (Å²) in [5.41, 5.74) is 0.330. The maximum atomic E-state index is 13.0. The van der Waals surface area contributed by atoms with Crippen LogP contribution in [0.15, 0.2) is 35.2 Å². The van der Waals surface area contributed by atoms with Crippen molar-refractivity contribution in [3.63, 3.8) is 0 Å². The molecule has 7 nitrogen and oxygen atoms in total. The molecule has 0 aliphatic carbocycles. The normalized spacial score (nSPS) is 14.2. The Morgan fingerprint density at radius 2 is 2.16 bits per heavy atom. The Balaban J connectivity index is 1.52. The van der Waals surface area contributed by atoms with E-state index >= 15 is 0 Å². The van der Waals surface area contributed by atoms with Gasteiger partial charge in [-0.05, 0) is 12.1 Å². The number of carbonyl (C=O) groups is 1. The number of nitrogens with zero attached hydrogens (tertiary/aromatic N) is 2. The number of carbonyl (C=O) groups excluding carboxylic acids is 1. The molecule has 0 bridgehead atoms. The molecule has 2 aromatic rings. The average Bonchev–Trinajstić information content (AvgIpc) is 3.12. The van der Waals surface area contributed by atoms with E-state index in [2.05, 4.69) is 36.9 Å². The second-order valence-corrected chi connectivity index (χ2v) is 6.91. The first kappa shape index (κ1) is 17.4. The van der Waals surface area contributed by atoms with Gasteiger partial charge in [0.05, 0.1) is 5.75 Å². The second-order valence-electron chi connectivity index (χ2n) is 4.71. The standard InChI is InChI=1S/C14H12F2N4O3S2/c1-2-5-17-12-19-20-13(25-12)24-7-11(21)18-8-3-4-9-10(6-8)23-14(15,16)22-9/h2-4,6H,1,5,7H2,(H,17,19)(H,18,21). The molecule has 1 aliphatic heterocycles. The Kier molecular flexibility index (Phi) is 5.04. The lowest BCUT2D eigenvalue weighted by Crippen LogP contribution is -2.25. The Morgan fingerprint density at radius 3 is 2.96 bits per heavy atom. The monoisotopic (exact) mass is 386 g/mol.